The van der Waals surface area contributed by atoms with Crippen molar-refractivity contribution in [3.63, 3.8) is 0 Å². The van der Waals surface area contributed by atoms with Gasteiger partial charge in [0, 0.05) is 5.75 Å². The van der Waals surface area contributed by atoms with Crippen molar-refractivity contribution in [3.8, 4) is 0 Å². The number of carbonyl (C=O) groups excluding carboxylic acids is 1. The van der Waals surface area contributed by atoms with E-state index in [1.807, 2.05) is 5.43 Å². The Labute approximate surface area is 52.0 Å². The average molecular weight is 133 g/mol. The van der Waals surface area contributed by atoms with Gasteiger partial charge in [0.25, 0.3) is 0 Å². The van der Waals surface area contributed by atoms with Crippen LogP contribution in [0.4, 0.5) is 0 Å². The van der Waals surface area contributed by atoms with Gasteiger partial charge in [0.15, 0.2) is 0 Å². The van der Waals surface area contributed by atoms with Gasteiger partial charge in [-0.05, 0) is 0 Å². The molecule has 0 aromatic carbocycles. The topological polar surface area (TPSA) is 58.5 Å². The second-order valence-electron chi connectivity index (χ2n) is 1.07. The van der Waals surface area contributed by atoms with E-state index in [-0.39, 0.29) is 5.75 Å². The molecule has 1 unspecified atom stereocenters. The molecule has 0 aliphatic carbocycles. The summed E-state index contributed by atoms with van der Waals surface area (Å²) in [6.45, 7) is 0. The van der Waals surface area contributed by atoms with Gasteiger partial charge in [-0.15, -0.1) is 4.91 Å². The summed E-state index contributed by atoms with van der Waals surface area (Å²) in [5.74, 6) is 0.231. The highest BCUT2D eigenvalue weighted by atomic mass is 32.1. The Morgan fingerprint density at radius 3 is 2.62 bits per heavy atom. The summed E-state index contributed by atoms with van der Waals surface area (Å²) < 4.78 is 0. The lowest BCUT2D eigenvalue weighted by Gasteiger charge is -1.97. The Bertz CT molecular complexity index is 87.4. The number of nitrogens with one attached hydrogen (secondary N) is 1. The molecule has 0 aromatic heterocycles. The van der Waals surface area contributed by atoms with Gasteiger partial charge in [-0.2, -0.15) is 12.6 Å². The predicted octanol–water partition coefficient (Wildman–Crippen LogP) is -0.335. The minimum absolute atomic E-state index is 0.231. The summed E-state index contributed by atoms with van der Waals surface area (Å²) in [4.78, 5) is 19.0. The van der Waals surface area contributed by atoms with Crippen molar-refractivity contribution >= 4 is 18.9 Å². The largest absolute Gasteiger partial charge is 0.288 e. The van der Waals surface area contributed by atoms with Crippen molar-refractivity contribution in [2.45, 2.75) is 6.04 Å². The molecule has 45 valence electrons. The minimum Gasteiger partial charge on any atom is -0.288 e. The van der Waals surface area contributed by atoms with Gasteiger partial charge in [-0.25, -0.2) is 0 Å². The molecule has 8 heavy (non-hydrogen) atoms. The monoisotopic (exact) mass is 133 g/mol. The van der Waals surface area contributed by atoms with Crippen LogP contribution in [0.3, 0.4) is 0 Å². The van der Waals surface area contributed by atoms with E-state index in [1.54, 1.807) is 0 Å². The number of hydrogen-bond donors (Lipinski definition) is 2. The molecule has 4 nitrogen and oxygen atoms in total. The smallest absolute Gasteiger partial charge is 0.225 e. The number of nitroso groups, excluding NO2 is 1. The maximum Gasteiger partial charge on any atom is 0.225 e. The molecule has 0 aliphatic heterocycles. The third-order valence-corrected chi connectivity index (χ3v) is 0.899. The minimum atomic E-state index is -0.671. The maximum atomic E-state index is 9.69. The summed E-state index contributed by atoms with van der Waals surface area (Å²) in [7, 11) is 0. The van der Waals surface area contributed by atoms with Gasteiger partial charge in [-0.3, -0.25) is 10.2 Å². The second kappa shape index (κ2) is 4.58. The standard InChI is InChI=1S/C3H5N2O2S/c6-1-3(2-8)4-5-7/h3,8H,2H2,(H,4,7). The molecule has 0 aromatic rings. The Hall–Kier alpha value is -0.580. The molecule has 0 saturated heterocycles. The predicted molar refractivity (Wildman–Crippen MR) is 32.3 cm³/mol. The van der Waals surface area contributed by atoms with E-state index in [0.717, 1.165) is 0 Å². The van der Waals surface area contributed by atoms with E-state index in [1.165, 1.54) is 6.29 Å². The van der Waals surface area contributed by atoms with Crippen molar-refractivity contribution in [2.75, 3.05) is 5.75 Å². The van der Waals surface area contributed by atoms with Crippen molar-refractivity contribution < 1.29 is 4.79 Å². The molecule has 0 amide bonds. The van der Waals surface area contributed by atoms with Gasteiger partial charge < -0.3 is 0 Å². The first-order valence-corrected chi connectivity index (χ1v) is 2.54. The Morgan fingerprint density at radius 2 is 2.50 bits per heavy atom. The Kier molecular flexibility index (Phi) is 4.24. The van der Waals surface area contributed by atoms with Gasteiger partial charge in [-0.1, -0.05) is 0 Å². The van der Waals surface area contributed by atoms with E-state index < -0.39 is 6.04 Å². The van der Waals surface area contributed by atoms with Crippen LogP contribution in [-0.2, 0) is 4.79 Å². The highest BCUT2D eigenvalue weighted by Gasteiger charge is 2.01. The van der Waals surface area contributed by atoms with Crippen LogP contribution in [0.5, 0.6) is 0 Å². The summed E-state index contributed by atoms with van der Waals surface area (Å²) in [6.07, 6.45) is 1.52. The molecular formula is C3H5N2O2S. The third kappa shape index (κ3) is 2.57. The summed E-state index contributed by atoms with van der Waals surface area (Å²) in [5.41, 5.74) is 1.95. The van der Waals surface area contributed by atoms with Crippen molar-refractivity contribution in [1.82, 2.24) is 5.43 Å². The molecule has 0 saturated carbocycles. The van der Waals surface area contributed by atoms with Crippen LogP contribution >= 0.6 is 12.6 Å². The molecule has 1 radical (unpaired) electrons. The van der Waals surface area contributed by atoms with Gasteiger partial charge in [0.2, 0.25) is 6.29 Å². The molecule has 1 N–H and O–H groups in total. The highest BCUT2D eigenvalue weighted by Crippen LogP contribution is 1.80. The molecule has 0 bridgehead atoms. The fourth-order valence-electron chi connectivity index (χ4n) is 0.168. The molecule has 0 rings (SSSR count). The first-order chi connectivity index (χ1) is 3.85. The van der Waals surface area contributed by atoms with Crippen molar-refractivity contribution in [3.05, 3.63) is 4.91 Å². The number of nitrogens with zero attached hydrogens (tertiary/aromatic N) is 1. The normalized spacial score (nSPS) is 12.1. The van der Waals surface area contributed by atoms with Crippen LogP contribution < -0.4 is 5.43 Å². The molecule has 0 spiro atoms. The lowest BCUT2D eigenvalue weighted by atomic mass is 10.4. The van der Waals surface area contributed by atoms with Crippen LogP contribution in [0, 0.1) is 4.91 Å². The molecule has 1 atom stereocenters. The third-order valence-electron chi connectivity index (χ3n) is 0.533. The van der Waals surface area contributed by atoms with Gasteiger partial charge in [0.1, 0.15) is 6.04 Å². The van der Waals surface area contributed by atoms with Crippen LogP contribution in [0.2, 0.25) is 0 Å². The fourth-order valence-corrected chi connectivity index (χ4v) is 0.324. The van der Waals surface area contributed by atoms with E-state index in [9.17, 15) is 9.70 Å². The first-order valence-electron chi connectivity index (χ1n) is 1.91. The zero-order valence-electron chi connectivity index (χ0n) is 4.00. The lowest BCUT2D eigenvalue weighted by molar-refractivity contribution is 0.530. The average Bonchev–Trinajstić information content (AvgIpc) is 1.83. The summed E-state index contributed by atoms with van der Waals surface area (Å²) in [6, 6.07) is -0.671. The van der Waals surface area contributed by atoms with Gasteiger partial charge >= 0.3 is 0 Å². The zero-order chi connectivity index (χ0) is 6.41. The van der Waals surface area contributed by atoms with E-state index in [2.05, 4.69) is 17.9 Å². The van der Waals surface area contributed by atoms with E-state index in [4.69, 9.17) is 0 Å². The van der Waals surface area contributed by atoms with Crippen molar-refractivity contribution in [2.24, 2.45) is 5.29 Å². The van der Waals surface area contributed by atoms with Crippen LogP contribution in [0.1, 0.15) is 0 Å². The summed E-state index contributed by atoms with van der Waals surface area (Å²) in [5, 5.41) is 2.27. The molecule has 0 aliphatic rings. The molecule has 0 fully saturated rings. The molecule has 5 heteroatoms. The fraction of sp³-hybridized carbons (Fsp3) is 0.667. The highest BCUT2D eigenvalue weighted by molar-refractivity contribution is 7.80. The van der Waals surface area contributed by atoms with E-state index >= 15 is 0 Å². The van der Waals surface area contributed by atoms with Crippen molar-refractivity contribution in [1.29, 1.82) is 0 Å². The number of thiol groups is 1. The number of hydrogen-bond acceptors (Lipinski definition) is 4. The van der Waals surface area contributed by atoms with Crippen LogP contribution in [0.15, 0.2) is 5.29 Å². The second-order valence-corrected chi connectivity index (χ2v) is 1.44. The Balaban J connectivity index is 3.35. The molecular weight excluding hydrogens is 128 g/mol. The SMILES string of the molecule is O=[C]C(CS)NN=O. The lowest BCUT2D eigenvalue weighted by Crippen LogP contribution is -2.26. The van der Waals surface area contributed by atoms with Crippen LogP contribution in [0.25, 0.3) is 0 Å². The van der Waals surface area contributed by atoms with Gasteiger partial charge in [0.05, 0.1) is 5.29 Å². The first kappa shape index (κ1) is 7.42. The zero-order valence-corrected chi connectivity index (χ0v) is 4.89. The van der Waals surface area contributed by atoms with E-state index in [0.29, 0.717) is 0 Å². The van der Waals surface area contributed by atoms with Crippen LogP contribution in [-0.4, -0.2) is 18.1 Å². The molecule has 0 heterocycles. The quantitative estimate of drug-likeness (QED) is 0.313. The number of rotatable bonds is 4. The maximum absolute atomic E-state index is 9.69. The Morgan fingerprint density at radius 1 is 1.88 bits per heavy atom. The summed E-state index contributed by atoms with van der Waals surface area (Å²) >= 11 is 3.71.